The van der Waals surface area contributed by atoms with Gasteiger partial charge in [0.2, 0.25) is 0 Å². The molecule has 76 valence electrons. The van der Waals surface area contributed by atoms with Gasteiger partial charge in [0.05, 0.1) is 0 Å². The molecule has 2 aliphatic rings. The quantitative estimate of drug-likeness (QED) is 0.711. The van der Waals surface area contributed by atoms with E-state index < -0.39 is 0 Å². The molecule has 1 aliphatic carbocycles. The van der Waals surface area contributed by atoms with Crippen LogP contribution in [0.1, 0.15) is 33.1 Å². The van der Waals surface area contributed by atoms with E-state index in [1.807, 2.05) is 0 Å². The molecule has 0 aromatic heterocycles. The summed E-state index contributed by atoms with van der Waals surface area (Å²) in [5.41, 5.74) is 0. The Morgan fingerprint density at radius 2 is 2.08 bits per heavy atom. The third-order valence-corrected chi connectivity index (χ3v) is 3.55. The van der Waals surface area contributed by atoms with Gasteiger partial charge < -0.3 is 5.32 Å². The molecule has 1 aliphatic heterocycles. The van der Waals surface area contributed by atoms with Gasteiger partial charge in [-0.3, -0.25) is 4.90 Å². The minimum Gasteiger partial charge on any atom is -0.316 e. The molecular weight excluding hydrogens is 160 g/mol. The van der Waals surface area contributed by atoms with Crippen LogP contribution in [-0.4, -0.2) is 36.6 Å². The Labute approximate surface area is 81.7 Å². The van der Waals surface area contributed by atoms with Crippen molar-refractivity contribution >= 4 is 0 Å². The summed E-state index contributed by atoms with van der Waals surface area (Å²) in [4.78, 5) is 2.74. The smallest absolute Gasteiger partial charge is 0.0148 e. The summed E-state index contributed by atoms with van der Waals surface area (Å²) in [6.07, 6.45) is 4.25. The van der Waals surface area contributed by atoms with Gasteiger partial charge in [-0.15, -0.1) is 0 Å². The summed E-state index contributed by atoms with van der Waals surface area (Å²) in [6.45, 7) is 8.39. The fourth-order valence-corrected chi connectivity index (χ4v) is 2.66. The standard InChI is InChI=1S/C11H22N2/c1-3-13(10-4-5-10)11-6-7-12-8-9(11)2/h9-12H,3-8H2,1-2H3. The summed E-state index contributed by atoms with van der Waals surface area (Å²) >= 11 is 0. The Balaban J connectivity index is 1.94. The van der Waals surface area contributed by atoms with Crippen molar-refractivity contribution in [2.45, 2.75) is 45.2 Å². The second-order valence-corrected chi connectivity index (χ2v) is 4.60. The molecule has 0 amide bonds. The van der Waals surface area contributed by atoms with E-state index in [9.17, 15) is 0 Å². The van der Waals surface area contributed by atoms with Crippen molar-refractivity contribution in [2.75, 3.05) is 19.6 Å². The Morgan fingerprint density at radius 1 is 1.31 bits per heavy atom. The Bertz CT molecular complexity index is 165. The highest BCUT2D eigenvalue weighted by atomic mass is 15.2. The molecule has 2 unspecified atom stereocenters. The summed E-state index contributed by atoms with van der Waals surface area (Å²) in [7, 11) is 0. The van der Waals surface area contributed by atoms with E-state index in [-0.39, 0.29) is 0 Å². The lowest BCUT2D eigenvalue weighted by Gasteiger charge is -2.38. The maximum Gasteiger partial charge on any atom is 0.0148 e. The zero-order chi connectivity index (χ0) is 9.26. The van der Waals surface area contributed by atoms with Crippen molar-refractivity contribution in [3.63, 3.8) is 0 Å². The molecule has 1 saturated heterocycles. The highest BCUT2D eigenvalue weighted by molar-refractivity contribution is 4.92. The molecule has 2 fully saturated rings. The van der Waals surface area contributed by atoms with Crippen LogP contribution in [-0.2, 0) is 0 Å². The first-order valence-electron chi connectivity index (χ1n) is 5.79. The first kappa shape index (κ1) is 9.47. The van der Waals surface area contributed by atoms with Gasteiger partial charge >= 0.3 is 0 Å². The van der Waals surface area contributed by atoms with Gasteiger partial charge in [0.25, 0.3) is 0 Å². The molecule has 0 radical (unpaired) electrons. The van der Waals surface area contributed by atoms with Crippen molar-refractivity contribution < 1.29 is 0 Å². The Kier molecular flexibility index (Phi) is 2.89. The molecular formula is C11H22N2. The SMILES string of the molecule is CCN(C1CC1)C1CCNCC1C. The van der Waals surface area contributed by atoms with Crippen molar-refractivity contribution in [3.8, 4) is 0 Å². The van der Waals surface area contributed by atoms with Crippen molar-refractivity contribution in [3.05, 3.63) is 0 Å². The monoisotopic (exact) mass is 182 g/mol. The number of nitrogens with one attached hydrogen (secondary N) is 1. The third kappa shape index (κ3) is 2.05. The van der Waals surface area contributed by atoms with Gasteiger partial charge in [-0.1, -0.05) is 13.8 Å². The summed E-state index contributed by atoms with van der Waals surface area (Å²) in [6, 6.07) is 1.80. The van der Waals surface area contributed by atoms with Crippen LogP contribution >= 0.6 is 0 Å². The number of hydrogen-bond acceptors (Lipinski definition) is 2. The van der Waals surface area contributed by atoms with E-state index in [4.69, 9.17) is 0 Å². The highest BCUT2D eigenvalue weighted by Crippen LogP contribution is 2.32. The molecule has 2 rings (SSSR count). The topological polar surface area (TPSA) is 15.3 Å². The molecule has 2 heteroatoms. The normalized spacial score (nSPS) is 35.3. The van der Waals surface area contributed by atoms with Crippen molar-refractivity contribution in [2.24, 2.45) is 5.92 Å². The number of nitrogens with zero attached hydrogens (tertiary/aromatic N) is 1. The Hall–Kier alpha value is -0.0800. The van der Waals surface area contributed by atoms with Gasteiger partial charge in [0.1, 0.15) is 0 Å². The van der Waals surface area contributed by atoms with Crippen LogP contribution in [0.2, 0.25) is 0 Å². The predicted octanol–water partition coefficient (Wildman–Crippen LogP) is 1.47. The zero-order valence-corrected chi connectivity index (χ0v) is 8.92. The second kappa shape index (κ2) is 3.97. The number of rotatable bonds is 3. The lowest BCUT2D eigenvalue weighted by Crippen LogP contribution is -2.49. The zero-order valence-electron chi connectivity index (χ0n) is 8.92. The third-order valence-electron chi connectivity index (χ3n) is 3.55. The molecule has 2 atom stereocenters. The van der Waals surface area contributed by atoms with Gasteiger partial charge in [-0.25, -0.2) is 0 Å². The lowest BCUT2D eigenvalue weighted by atomic mass is 9.93. The lowest BCUT2D eigenvalue weighted by molar-refractivity contribution is 0.118. The average Bonchev–Trinajstić information content (AvgIpc) is 2.93. The van der Waals surface area contributed by atoms with Crippen LogP contribution in [0, 0.1) is 5.92 Å². The molecule has 1 heterocycles. The maximum absolute atomic E-state index is 3.48. The van der Waals surface area contributed by atoms with Gasteiger partial charge in [-0.2, -0.15) is 0 Å². The fraction of sp³-hybridized carbons (Fsp3) is 1.00. The summed E-state index contributed by atoms with van der Waals surface area (Å²) in [5.74, 6) is 0.842. The molecule has 0 spiro atoms. The van der Waals surface area contributed by atoms with Crippen LogP contribution in [0.4, 0.5) is 0 Å². The van der Waals surface area contributed by atoms with Gasteiger partial charge in [0, 0.05) is 12.1 Å². The summed E-state index contributed by atoms with van der Waals surface area (Å²) in [5, 5.41) is 3.48. The first-order chi connectivity index (χ1) is 6.33. The number of hydrogen-bond donors (Lipinski definition) is 1. The van der Waals surface area contributed by atoms with E-state index in [1.165, 1.54) is 38.9 Å². The van der Waals surface area contributed by atoms with E-state index in [1.54, 1.807) is 0 Å². The van der Waals surface area contributed by atoms with E-state index in [2.05, 4.69) is 24.1 Å². The number of piperidine rings is 1. The fourth-order valence-electron chi connectivity index (χ4n) is 2.66. The molecule has 1 saturated carbocycles. The molecule has 1 N–H and O–H groups in total. The average molecular weight is 182 g/mol. The molecule has 13 heavy (non-hydrogen) atoms. The van der Waals surface area contributed by atoms with Crippen LogP contribution in [0.3, 0.4) is 0 Å². The van der Waals surface area contributed by atoms with E-state index in [0.717, 1.165) is 18.0 Å². The molecule has 0 bridgehead atoms. The predicted molar refractivity (Wildman–Crippen MR) is 55.8 cm³/mol. The van der Waals surface area contributed by atoms with Crippen molar-refractivity contribution in [1.82, 2.24) is 10.2 Å². The maximum atomic E-state index is 3.48. The minimum atomic E-state index is 0.842. The van der Waals surface area contributed by atoms with Crippen LogP contribution in [0.5, 0.6) is 0 Å². The van der Waals surface area contributed by atoms with Crippen LogP contribution in [0.25, 0.3) is 0 Å². The molecule has 0 aromatic rings. The largest absolute Gasteiger partial charge is 0.316 e. The highest BCUT2D eigenvalue weighted by Gasteiger charge is 2.35. The first-order valence-corrected chi connectivity index (χ1v) is 5.79. The minimum absolute atomic E-state index is 0.842. The van der Waals surface area contributed by atoms with Crippen LogP contribution < -0.4 is 5.32 Å². The molecule has 0 aromatic carbocycles. The Morgan fingerprint density at radius 3 is 2.62 bits per heavy atom. The van der Waals surface area contributed by atoms with Crippen LogP contribution in [0.15, 0.2) is 0 Å². The van der Waals surface area contributed by atoms with E-state index >= 15 is 0 Å². The second-order valence-electron chi connectivity index (χ2n) is 4.60. The molecule has 2 nitrogen and oxygen atoms in total. The van der Waals surface area contributed by atoms with Gasteiger partial charge in [-0.05, 0) is 44.8 Å². The van der Waals surface area contributed by atoms with Crippen molar-refractivity contribution in [1.29, 1.82) is 0 Å². The summed E-state index contributed by atoms with van der Waals surface area (Å²) < 4.78 is 0. The van der Waals surface area contributed by atoms with E-state index in [0.29, 0.717) is 0 Å². The van der Waals surface area contributed by atoms with Gasteiger partial charge in [0.15, 0.2) is 0 Å².